The third kappa shape index (κ3) is 3.19. The number of halogens is 1. The van der Waals surface area contributed by atoms with Gasteiger partial charge >= 0.3 is 5.63 Å². The summed E-state index contributed by atoms with van der Waals surface area (Å²) in [5, 5.41) is 40.6. The zero-order valence-electron chi connectivity index (χ0n) is 15.7. The number of aliphatic hydroxyl groups is 4. The van der Waals surface area contributed by atoms with Gasteiger partial charge in [0.05, 0.1) is 17.0 Å². The number of hydrogen-bond donors (Lipinski definition) is 4. The highest BCUT2D eigenvalue weighted by molar-refractivity contribution is 6.38. The number of rotatable bonds is 3. The molecule has 3 aromatic rings. The maximum atomic E-state index is 12.5. The summed E-state index contributed by atoms with van der Waals surface area (Å²) in [6.07, 6.45) is -7.29. The van der Waals surface area contributed by atoms with Crippen LogP contribution in [0.2, 0.25) is 5.02 Å². The minimum absolute atomic E-state index is 0.00604. The highest BCUT2D eigenvalue weighted by Crippen LogP contribution is 2.44. The predicted molar refractivity (Wildman–Crippen MR) is 106 cm³/mol. The summed E-state index contributed by atoms with van der Waals surface area (Å²) in [5.74, 6) is 0.908. The first kappa shape index (κ1) is 20.3. The lowest BCUT2D eigenvalue weighted by Gasteiger charge is -2.39. The Labute approximate surface area is 178 Å². The zero-order chi connectivity index (χ0) is 21.9. The average molecular weight is 453 g/mol. The third-order valence-electron chi connectivity index (χ3n) is 5.34. The Morgan fingerprint density at radius 2 is 1.87 bits per heavy atom. The summed E-state index contributed by atoms with van der Waals surface area (Å²) in [5.41, 5.74) is -0.532. The topological polar surface area (TPSA) is 148 Å². The molecule has 0 spiro atoms. The van der Waals surface area contributed by atoms with Crippen LogP contribution in [0.25, 0.3) is 21.7 Å². The Hall–Kier alpha value is -2.60. The minimum atomic E-state index is -1.61. The third-order valence-corrected chi connectivity index (χ3v) is 5.64. The van der Waals surface area contributed by atoms with Crippen LogP contribution in [0.1, 0.15) is 0 Å². The number of benzene rings is 2. The lowest BCUT2D eigenvalue weighted by atomic mass is 9.99. The summed E-state index contributed by atoms with van der Waals surface area (Å²) in [6.45, 7) is -0.594. The van der Waals surface area contributed by atoms with E-state index in [-0.39, 0.29) is 28.5 Å². The van der Waals surface area contributed by atoms with Gasteiger partial charge < -0.3 is 43.8 Å². The molecule has 164 valence electrons. The highest BCUT2D eigenvalue weighted by atomic mass is 35.5. The fourth-order valence-electron chi connectivity index (χ4n) is 3.79. The molecule has 1 fully saturated rings. The van der Waals surface area contributed by atoms with E-state index in [1.165, 1.54) is 12.1 Å². The van der Waals surface area contributed by atoms with Crippen molar-refractivity contribution < 1.29 is 43.8 Å². The molecule has 4 N–H and O–H groups in total. The number of aliphatic hydroxyl groups excluding tert-OH is 4. The van der Waals surface area contributed by atoms with Crippen molar-refractivity contribution in [2.45, 2.75) is 30.7 Å². The SMILES string of the molecule is O=c1oc2cc(O[C@@H]3O[C@H](CO)[C@@H](O)[C@H](O)[C@H]3O)cc(Cl)c2c2c3c(ccc12)OCO3. The predicted octanol–water partition coefficient (Wildman–Crippen LogP) is 0.507. The van der Waals surface area contributed by atoms with Gasteiger partial charge in [0.2, 0.25) is 13.1 Å². The van der Waals surface area contributed by atoms with Gasteiger partial charge in [-0.2, -0.15) is 0 Å². The van der Waals surface area contributed by atoms with E-state index in [0.717, 1.165) is 0 Å². The van der Waals surface area contributed by atoms with Crippen molar-refractivity contribution >= 4 is 33.3 Å². The Morgan fingerprint density at radius 3 is 2.65 bits per heavy atom. The lowest BCUT2D eigenvalue weighted by molar-refractivity contribution is -0.277. The van der Waals surface area contributed by atoms with E-state index >= 15 is 0 Å². The first-order valence-electron chi connectivity index (χ1n) is 9.35. The molecule has 5 atom stereocenters. The molecule has 0 saturated carbocycles. The maximum Gasteiger partial charge on any atom is 0.344 e. The molecule has 11 heteroatoms. The first-order chi connectivity index (χ1) is 14.9. The number of hydrogen-bond acceptors (Lipinski definition) is 10. The Kier molecular flexibility index (Phi) is 4.93. The van der Waals surface area contributed by atoms with Gasteiger partial charge in [-0.15, -0.1) is 0 Å². The van der Waals surface area contributed by atoms with Crippen LogP contribution in [0.15, 0.2) is 33.5 Å². The molecule has 0 amide bonds. The first-order valence-corrected chi connectivity index (χ1v) is 9.72. The van der Waals surface area contributed by atoms with Crippen LogP contribution in [-0.4, -0.2) is 64.5 Å². The summed E-state index contributed by atoms with van der Waals surface area (Å²) in [7, 11) is 0. The molecule has 2 aliphatic rings. The highest BCUT2D eigenvalue weighted by Gasteiger charge is 2.44. The van der Waals surface area contributed by atoms with Crippen LogP contribution in [0.5, 0.6) is 17.2 Å². The molecule has 10 nitrogen and oxygen atoms in total. The quantitative estimate of drug-likeness (QED) is 0.327. The van der Waals surface area contributed by atoms with Crippen molar-refractivity contribution in [3.63, 3.8) is 0 Å². The summed E-state index contributed by atoms with van der Waals surface area (Å²) >= 11 is 6.49. The molecule has 1 saturated heterocycles. The largest absolute Gasteiger partial charge is 0.462 e. The van der Waals surface area contributed by atoms with Crippen LogP contribution >= 0.6 is 11.6 Å². The fraction of sp³-hybridized carbons (Fsp3) is 0.350. The average Bonchev–Trinajstić information content (AvgIpc) is 3.23. The van der Waals surface area contributed by atoms with E-state index in [4.69, 9.17) is 35.0 Å². The van der Waals surface area contributed by atoms with Crippen molar-refractivity contribution in [2.75, 3.05) is 13.4 Å². The van der Waals surface area contributed by atoms with Gasteiger partial charge in [-0.25, -0.2) is 4.79 Å². The second kappa shape index (κ2) is 7.52. The van der Waals surface area contributed by atoms with Gasteiger partial charge in [-0.3, -0.25) is 0 Å². The molecule has 0 aliphatic carbocycles. The van der Waals surface area contributed by atoms with Gasteiger partial charge in [0.25, 0.3) is 0 Å². The van der Waals surface area contributed by atoms with Crippen LogP contribution < -0.4 is 19.8 Å². The van der Waals surface area contributed by atoms with E-state index in [9.17, 15) is 25.2 Å². The molecule has 0 radical (unpaired) electrons. The number of fused-ring (bicyclic) bond motifs is 5. The maximum absolute atomic E-state index is 12.5. The van der Waals surface area contributed by atoms with E-state index in [1.54, 1.807) is 12.1 Å². The fourth-order valence-corrected chi connectivity index (χ4v) is 4.09. The van der Waals surface area contributed by atoms with E-state index in [1.807, 2.05) is 0 Å². The Morgan fingerprint density at radius 1 is 1.06 bits per heavy atom. The Bertz CT molecular complexity index is 1220. The van der Waals surface area contributed by atoms with Crippen LogP contribution in [0.4, 0.5) is 0 Å². The normalized spacial score (nSPS) is 27.7. The molecule has 31 heavy (non-hydrogen) atoms. The van der Waals surface area contributed by atoms with Gasteiger partial charge in [0, 0.05) is 16.8 Å². The summed E-state index contributed by atoms with van der Waals surface area (Å²) < 4.78 is 27.2. The molecule has 5 rings (SSSR count). The second-order valence-corrected chi connectivity index (χ2v) is 7.61. The molecule has 3 heterocycles. The van der Waals surface area contributed by atoms with Crippen LogP contribution in [0, 0.1) is 0 Å². The van der Waals surface area contributed by atoms with Crippen LogP contribution in [0.3, 0.4) is 0 Å². The smallest absolute Gasteiger partial charge is 0.344 e. The molecular weight excluding hydrogens is 436 g/mol. The standard InChI is InChI=1S/C20H17ClO10/c21-9-3-7(29-20-17(25)16(24)15(23)12(5-22)31-20)4-11-14(9)13-8(19(26)30-11)1-2-10-18(13)28-6-27-10/h1-4,12,15-17,20,22-25H,5-6H2/t12-,15-,16+,17-,20-/m1/s1. The minimum Gasteiger partial charge on any atom is -0.462 e. The van der Waals surface area contributed by atoms with E-state index < -0.39 is 42.9 Å². The van der Waals surface area contributed by atoms with Gasteiger partial charge in [0.1, 0.15) is 35.7 Å². The number of ether oxygens (including phenoxy) is 4. The molecule has 2 aliphatic heterocycles. The van der Waals surface area contributed by atoms with Crippen molar-refractivity contribution in [2.24, 2.45) is 0 Å². The molecule has 2 aromatic carbocycles. The summed E-state index contributed by atoms with van der Waals surface area (Å²) in [4.78, 5) is 12.5. The van der Waals surface area contributed by atoms with E-state index in [0.29, 0.717) is 22.3 Å². The lowest BCUT2D eigenvalue weighted by Crippen LogP contribution is -2.60. The second-order valence-electron chi connectivity index (χ2n) is 7.20. The van der Waals surface area contributed by atoms with Gasteiger partial charge in [-0.1, -0.05) is 11.6 Å². The molecule has 1 aromatic heterocycles. The summed E-state index contributed by atoms with van der Waals surface area (Å²) in [6, 6.07) is 5.96. The van der Waals surface area contributed by atoms with Crippen molar-refractivity contribution in [1.29, 1.82) is 0 Å². The molecular formula is C20H17ClO10. The molecule has 0 unspecified atom stereocenters. The Balaban J connectivity index is 1.59. The van der Waals surface area contributed by atoms with Gasteiger partial charge in [0.15, 0.2) is 11.5 Å². The van der Waals surface area contributed by atoms with Crippen molar-refractivity contribution in [1.82, 2.24) is 0 Å². The molecule has 0 bridgehead atoms. The van der Waals surface area contributed by atoms with Crippen LogP contribution in [-0.2, 0) is 4.74 Å². The zero-order valence-corrected chi connectivity index (χ0v) is 16.5. The van der Waals surface area contributed by atoms with Crippen molar-refractivity contribution in [3.8, 4) is 17.2 Å². The van der Waals surface area contributed by atoms with Crippen molar-refractivity contribution in [3.05, 3.63) is 39.7 Å². The van der Waals surface area contributed by atoms with Gasteiger partial charge in [-0.05, 0) is 18.2 Å². The monoisotopic (exact) mass is 452 g/mol. The van der Waals surface area contributed by atoms with E-state index in [2.05, 4.69) is 0 Å².